The zero-order valence-electron chi connectivity index (χ0n) is 15.6. The molecular formula is C22H19F2N3O2. The Hall–Kier alpha value is -3.06. The second-order valence-electron chi connectivity index (χ2n) is 7.27. The van der Waals surface area contributed by atoms with E-state index in [9.17, 15) is 13.6 Å². The number of hydrogen-bond donors (Lipinski definition) is 0. The van der Waals surface area contributed by atoms with Crippen LogP contribution in [0.25, 0.3) is 11.1 Å². The molecule has 148 valence electrons. The highest BCUT2D eigenvalue weighted by atomic mass is 19.3. The van der Waals surface area contributed by atoms with E-state index in [0.717, 1.165) is 6.39 Å². The minimum atomic E-state index is -2.83. The molecule has 1 aliphatic heterocycles. The Balaban J connectivity index is 1.36. The monoisotopic (exact) mass is 395 g/mol. The molecule has 0 radical (unpaired) electrons. The third-order valence-corrected chi connectivity index (χ3v) is 5.76. The molecule has 29 heavy (non-hydrogen) atoms. The van der Waals surface area contributed by atoms with E-state index in [0.29, 0.717) is 26.2 Å². The second kappa shape index (κ2) is 7.08. The Morgan fingerprint density at radius 3 is 2.14 bits per heavy atom. The van der Waals surface area contributed by atoms with Gasteiger partial charge in [0.1, 0.15) is 0 Å². The maximum absolute atomic E-state index is 13.0. The van der Waals surface area contributed by atoms with E-state index in [1.807, 2.05) is 24.3 Å². The highest BCUT2D eigenvalue weighted by molar-refractivity contribution is 5.92. The van der Waals surface area contributed by atoms with Crippen LogP contribution in [-0.2, 0) is 0 Å². The Morgan fingerprint density at radius 2 is 1.55 bits per heavy atom. The first-order valence-corrected chi connectivity index (χ1v) is 9.58. The predicted molar refractivity (Wildman–Crippen MR) is 103 cm³/mol. The lowest BCUT2D eigenvalue weighted by molar-refractivity contribution is 0.0557. The van der Waals surface area contributed by atoms with Gasteiger partial charge in [-0.3, -0.25) is 9.69 Å². The van der Waals surface area contributed by atoms with Crippen LogP contribution in [-0.4, -0.2) is 46.9 Å². The summed E-state index contributed by atoms with van der Waals surface area (Å²) in [4.78, 5) is 20.1. The van der Waals surface area contributed by atoms with Gasteiger partial charge in [0.2, 0.25) is 5.76 Å². The average Bonchev–Trinajstić information content (AvgIpc) is 3.37. The number of rotatable bonds is 3. The normalized spacial score (nSPS) is 16.9. The number of carbonyl (C=O) groups excluding carboxylic acids is 1. The number of hydrogen-bond acceptors (Lipinski definition) is 4. The molecule has 1 aromatic heterocycles. The SMILES string of the molecule is O=C(c1ocnc1C(F)F)N1CCN(C2c3ccccc3-c3ccccc32)CC1. The zero-order chi connectivity index (χ0) is 20.0. The quantitative estimate of drug-likeness (QED) is 0.669. The van der Waals surface area contributed by atoms with Gasteiger partial charge < -0.3 is 9.32 Å². The molecule has 0 bridgehead atoms. The summed E-state index contributed by atoms with van der Waals surface area (Å²) in [5.74, 6) is -0.880. The van der Waals surface area contributed by atoms with Crippen LogP contribution in [0.2, 0.25) is 0 Å². The Bertz CT molecular complexity index is 1010. The van der Waals surface area contributed by atoms with Gasteiger partial charge in [0, 0.05) is 26.2 Å². The summed E-state index contributed by atoms with van der Waals surface area (Å²) >= 11 is 0. The predicted octanol–water partition coefficient (Wildman–Crippen LogP) is 4.14. The molecule has 3 aromatic rings. The van der Waals surface area contributed by atoms with E-state index in [1.165, 1.54) is 22.3 Å². The van der Waals surface area contributed by atoms with Gasteiger partial charge in [-0.25, -0.2) is 13.8 Å². The largest absolute Gasteiger partial charge is 0.438 e. The molecule has 1 fully saturated rings. The van der Waals surface area contributed by atoms with Crippen molar-refractivity contribution >= 4 is 5.91 Å². The van der Waals surface area contributed by atoms with Gasteiger partial charge in [0.25, 0.3) is 12.3 Å². The summed E-state index contributed by atoms with van der Waals surface area (Å²) in [5.41, 5.74) is 4.44. The Morgan fingerprint density at radius 1 is 0.966 bits per heavy atom. The average molecular weight is 395 g/mol. The molecule has 2 aromatic carbocycles. The van der Waals surface area contributed by atoms with E-state index in [1.54, 1.807) is 4.90 Å². The summed E-state index contributed by atoms with van der Waals surface area (Å²) in [6.45, 7) is 2.19. The van der Waals surface area contributed by atoms with Crippen molar-refractivity contribution in [1.82, 2.24) is 14.8 Å². The smallest absolute Gasteiger partial charge is 0.291 e. The van der Waals surface area contributed by atoms with Crippen molar-refractivity contribution in [3.63, 3.8) is 0 Å². The van der Waals surface area contributed by atoms with Crippen LogP contribution in [0.3, 0.4) is 0 Å². The van der Waals surface area contributed by atoms with E-state index >= 15 is 0 Å². The first kappa shape index (κ1) is 18.0. The molecule has 0 N–H and O–H groups in total. The summed E-state index contributed by atoms with van der Waals surface area (Å²) in [6.07, 6.45) is -1.93. The number of carbonyl (C=O) groups is 1. The highest BCUT2D eigenvalue weighted by Crippen LogP contribution is 2.46. The molecule has 0 atom stereocenters. The van der Waals surface area contributed by atoms with Crippen LogP contribution in [0.4, 0.5) is 8.78 Å². The molecule has 1 amide bonds. The first-order chi connectivity index (χ1) is 14.1. The van der Waals surface area contributed by atoms with Crippen LogP contribution in [0.1, 0.15) is 39.8 Å². The summed E-state index contributed by atoms with van der Waals surface area (Å²) < 4.78 is 31.0. The fraction of sp³-hybridized carbons (Fsp3) is 0.273. The van der Waals surface area contributed by atoms with Gasteiger partial charge in [0.05, 0.1) is 6.04 Å². The van der Waals surface area contributed by atoms with Gasteiger partial charge in [-0.1, -0.05) is 48.5 Å². The first-order valence-electron chi connectivity index (χ1n) is 9.58. The van der Waals surface area contributed by atoms with E-state index in [2.05, 4.69) is 34.1 Å². The van der Waals surface area contributed by atoms with Gasteiger partial charge in [-0.05, 0) is 22.3 Å². The minimum absolute atomic E-state index is 0.140. The van der Waals surface area contributed by atoms with Gasteiger partial charge in [-0.15, -0.1) is 0 Å². The summed E-state index contributed by atoms with van der Waals surface area (Å²) in [6, 6.07) is 16.9. The number of piperazine rings is 1. The number of aromatic nitrogens is 1. The number of halogens is 2. The van der Waals surface area contributed by atoms with E-state index in [4.69, 9.17) is 4.42 Å². The van der Waals surface area contributed by atoms with Gasteiger partial charge in [-0.2, -0.15) is 0 Å². The number of oxazole rings is 1. The fourth-order valence-electron chi connectivity index (χ4n) is 4.42. The molecule has 1 aliphatic carbocycles. The lowest BCUT2D eigenvalue weighted by atomic mass is 10.0. The van der Waals surface area contributed by atoms with Gasteiger partial charge in [0.15, 0.2) is 12.1 Å². The topological polar surface area (TPSA) is 49.6 Å². The Kier molecular flexibility index (Phi) is 4.39. The fourth-order valence-corrected chi connectivity index (χ4v) is 4.42. The minimum Gasteiger partial charge on any atom is -0.438 e. The molecule has 0 unspecified atom stereocenters. The molecule has 0 spiro atoms. The third kappa shape index (κ3) is 2.93. The molecule has 0 saturated carbocycles. The molecule has 5 rings (SSSR count). The number of benzene rings is 2. The van der Waals surface area contributed by atoms with E-state index in [-0.39, 0.29) is 11.8 Å². The third-order valence-electron chi connectivity index (χ3n) is 5.76. The molecule has 1 saturated heterocycles. The molecule has 5 nitrogen and oxygen atoms in total. The maximum atomic E-state index is 13.0. The van der Waals surface area contributed by atoms with Crippen LogP contribution >= 0.6 is 0 Å². The Labute approximate surface area is 166 Å². The van der Waals surface area contributed by atoms with Crippen molar-refractivity contribution in [2.75, 3.05) is 26.2 Å². The van der Waals surface area contributed by atoms with Crippen molar-refractivity contribution in [2.45, 2.75) is 12.5 Å². The summed E-state index contributed by atoms with van der Waals surface area (Å²) in [7, 11) is 0. The molecule has 2 aliphatic rings. The van der Waals surface area contributed by atoms with Gasteiger partial charge >= 0.3 is 0 Å². The second-order valence-corrected chi connectivity index (χ2v) is 7.27. The van der Waals surface area contributed by atoms with E-state index < -0.39 is 18.0 Å². The van der Waals surface area contributed by atoms with Crippen LogP contribution < -0.4 is 0 Å². The van der Waals surface area contributed by atoms with Crippen molar-refractivity contribution in [3.8, 4) is 11.1 Å². The zero-order valence-corrected chi connectivity index (χ0v) is 15.6. The van der Waals surface area contributed by atoms with Crippen molar-refractivity contribution in [1.29, 1.82) is 0 Å². The number of alkyl halides is 2. The van der Waals surface area contributed by atoms with Crippen LogP contribution in [0.15, 0.2) is 59.3 Å². The lowest BCUT2D eigenvalue weighted by Crippen LogP contribution is -2.49. The highest BCUT2D eigenvalue weighted by Gasteiger charge is 2.36. The number of nitrogens with zero attached hydrogens (tertiary/aromatic N) is 3. The standard InChI is InChI=1S/C22H19F2N3O2/c23-21(24)18-20(29-13-25-18)22(28)27-11-9-26(10-12-27)19-16-7-3-1-5-14(16)15-6-2-4-8-17(15)19/h1-8,13,19,21H,9-12H2. The van der Waals surface area contributed by atoms with Crippen molar-refractivity contribution in [2.24, 2.45) is 0 Å². The van der Waals surface area contributed by atoms with Crippen molar-refractivity contribution < 1.29 is 18.0 Å². The number of amides is 1. The lowest BCUT2D eigenvalue weighted by Gasteiger charge is -2.38. The molecule has 7 heteroatoms. The number of fused-ring (bicyclic) bond motifs is 3. The molecular weight excluding hydrogens is 376 g/mol. The summed E-state index contributed by atoms with van der Waals surface area (Å²) in [5, 5.41) is 0. The van der Waals surface area contributed by atoms with Crippen LogP contribution in [0.5, 0.6) is 0 Å². The van der Waals surface area contributed by atoms with Crippen molar-refractivity contribution in [3.05, 3.63) is 77.5 Å². The van der Waals surface area contributed by atoms with Crippen LogP contribution in [0, 0.1) is 0 Å². The molecule has 2 heterocycles. The maximum Gasteiger partial charge on any atom is 0.291 e.